The highest BCUT2D eigenvalue weighted by Crippen LogP contribution is 2.20. The zero-order valence-corrected chi connectivity index (χ0v) is 19.5. The van der Waals surface area contributed by atoms with Gasteiger partial charge in [-0.25, -0.2) is 4.98 Å². The molecule has 3 atom stereocenters. The normalized spacial score (nSPS) is 16.9. The van der Waals surface area contributed by atoms with Crippen molar-refractivity contribution in [1.29, 1.82) is 0 Å². The minimum absolute atomic E-state index is 0.0689. The van der Waals surface area contributed by atoms with E-state index in [2.05, 4.69) is 20.6 Å². The summed E-state index contributed by atoms with van der Waals surface area (Å²) in [4.78, 5) is 57.3. The molecule has 1 fully saturated rings. The van der Waals surface area contributed by atoms with Gasteiger partial charge in [0.2, 0.25) is 11.8 Å². The quantitative estimate of drug-likeness (QED) is 0.383. The molecule has 0 saturated carbocycles. The first-order valence-corrected chi connectivity index (χ1v) is 11.3. The molecular formula is C23H28BN5O6. The lowest BCUT2D eigenvalue weighted by molar-refractivity contribution is -0.138. The van der Waals surface area contributed by atoms with Gasteiger partial charge in [-0.15, -0.1) is 0 Å². The Morgan fingerprint density at radius 2 is 1.89 bits per heavy atom. The Balaban J connectivity index is 1.77. The van der Waals surface area contributed by atoms with Gasteiger partial charge in [-0.3, -0.25) is 24.2 Å². The second kappa shape index (κ2) is 12.1. The van der Waals surface area contributed by atoms with Crippen LogP contribution in [0.1, 0.15) is 42.7 Å². The number of carbonyl (C=O) groups is 4. The van der Waals surface area contributed by atoms with Crippen LogP contribution in [0.2, 0.25) is 0 Å². The Morgan fingerprint density at radius 3 is 2.51 bits per heavy atom. The minimum Gasteiger partial charge on any atom is -0.506 e. The number of amides is 3. The summed E-state index contributed by atoms with van der Waals surface area (Å²) >= 11 is 0. The third-order valence-electron chi connectivity index (χ3n) is 5.26. The molecule has 2 aromatic rings. The van der Waals surface area contributed by atoms with Crippen LogP contribution in [0.25, 0.3) is 0 Å². The van der Waals surface area contributed by atoms with Gasteiger partial charge in [-0.2, -0.15) is 0 Å². The van der Waals surface area contributed by atoms with E-state index in [1.165, 1.54) is 18.6 Å². The zero-order chi connectivity index (χ0) is 25.4. The van der Waals surface area contributed by atoms with Crippen LogP contribution in [0.15, 0.2) is 48.9 Å². The fraction of sp³-hybridized carbons (Fsp3) is 0.391. The molecule has 3 amide bonds. The molecule has 0 spiro atoms. The smallest absolute Gasteiger partial charge is 0.506 e. The van der Waals surface area contributed by atoms with Crippen molar-refractivity contribution >= 4 is 30.8 Å². The SMILES string of the molecule is CC(C)C[C@H](NC(=O)[C@H](Cc1ccccc1)NC(=O)c1cnccn1)B1OC(=O)[C@@H](CC(N)=O)O1. The average molecular weight is 481 g/mol. The van der Waals surface area contributed by atoms with Crippen LogP contribution >= 0.6 is 0 Å². The van der Waals surface area contributed by atoms with Crippen LogP contribution in [0.3, 0.4) is 0 Å². The van der Waals surface area contributed by atoms with E-state index in [1.54, 1.807) is 0 Å². The van der Waals surface area contributed by atoms with E-state index >= 15 is 0 Å². The van der Waals surface area contributed by atoms with Crippen LogP contribution in [0.4, 0.5) is 0 Å². The van der Waals surface area contributed by atoms with Crippen LogP contribution in [-0.4, -0.2) is 58.9 Å². The van der Waals surface area contributed by atoms with E-state index in [0.717, 1.165) is 5.56 Å². The molecule has 0 unspecified atom stereocenters. The Hall–Kier alpha value is -3.80. The zero-order valence-electron chi connectivity index (χ0n) is 19.5. The molecule has 12 heteroatoms. The largest absolute Gasteiger partial charge is 0.552 e. The first kappa shape index (κ1) is 25.8. The topological polar surface area (TPSA) is 163 Å². The molecule has 0 aliphatic carbocycles. The molecule has 1 aromatic carbocycles. The highest BCUT2D eigenvalue weighted by atomic mass is 16.7. The number of rotatable bonds is 11. The first-order chi connectivity index (χ1) is 16.7. The predicted molar refractivity (Wildman–Crippen MR) is 125 cm³/mol. The van der Waals surface area contributed by atoms with Gasteiger partial charge in [-0.1, -0.05) is 44.2 Å². The maximum atomic E-state index is 13.4. The molecule has 35 heavy (non-hydrogen) atoms. The van der Waals surface area contributed by atoms with Gasteiger partial charge in [0.15, 0.2) is 0 Å². The summed E-state index contributed by atoms with van der Waals surface area (Å²) < 4.78 is 10.9. The van der Waals surface area contributed by atoms with Crippen molar-refractivity contribution in [2.24, 2.45) is 11.7 Å². The third-order valence-corrected chi connectivity index (χ3v) is 5.26. The van der Waals surface area contributed by atoms with E-state index in [0.29, 0.717) is 6.42 Å². The molecule has 184 valence electrons. The van der Waals surface area contributed by atoms with Gasteiger partial charge in [0, 0.05) is 18.8 Å². The lowest BCUT2D eigenvalue weighted by Gasteiger charge is -2.25. The number of hydrogen-bond donors (Lipinski definition) is 3. The highest BCUT2D eigenvalue weighted by molar-refractivity contribution is 6.51. The summed E-state index contributed by atoms with van der Waals surface area (Å²) in [7, 11) is -1.09. The standard InChI is InChI=1S/C23H28BN5O6/c1-14(2)10-19(24-34-18(12-20(25)30)23(33)35-24)29-21(31)16(11-15-6-4-3-5-7-15)28-22(32)17-13-26-8-9-27-17/h3-9,13-14,16,18-19H,10-12H2,1-2H3,(H2,25,30)(H,28,32)(H,29,31)/t16-,18+,19-/m0/s1. The van der Waals surface area contributed by atoms with Gasteiger partial charge in [-0.05, 0) is 17.9 Å². The number of hydrogen-bond acceptors (Lipinski definition) is 8. The summed E-state index contributed by atoms with van der Waals surface area (Å²) in [5.41, 5.74) is 6.08. The molecule has 11 nitrogen and oxygen atoms in total. The molecule has 1 aliphatic heterocycles. The number of primary amides is 1. The van der Waals surface area contributed by atoms with Crippen molar-refractivity contribution in [3.05, 3.63) is 60.2 Å². The predicted octanol–water partition coefficient (Wildman–Crippen LogP) is 0.193. The Morgan fingerprint density at radius 1 is 1.14 bits per heavy atom. The number of aromatic nitrogens is 2. The summed E-state index contributed by atoms with van der Waals surface area (Å²) in [5, 5.41) is 5.57. The maximum Gasteiger partial charge on any atom is 0.552 e. The van der Waals surface area contributed by atoms with Gasteiger partial charge >= 0.3 is 13.1 Å². The lowest BCUT2D eigenvalue weighted by Crippen LogP contribution is -2.55. The average Bonchev–Trinajstić information content (AvgIpc) is 3.18. The Labute approximate surface area is 203 Å². The number of nitrogens with two attached hydrogens (primary N) is 1. The van der Waals surface area contributed by atoms with E-state index < -0.39 is 48.9 Å². The van der Waals surface area contributed by atoms with Crippen LogP contribution in [0.5, 0.6) is 0 Å². The summed E-state index contributed by atoms with van der Waals surface area (Å²) in [5.74, 6) is -3.06. The number of carbonyl (C=O) groups excluding carboxylic acids is 4. The fourth-order valence-corrected chi connectivity index (χ4v) is 3.66. The molecular weight excluding hydrogens is 453 g/mol. The van der Waals surface area contributed by atoms with Crippen molar-refractivity contribution in [3.8, 4) is 0 Å². The third kappa shape index (κ3) is 7.61. The monoisotopic (exact) mass is 481 g/mol. The Kier molecular flexibility index (Phi) is 8.90. The first-order valence-electron chi connectivity index (χ1n) is 11.3. The number of nitrogens with one attached hydrogen (secondary N) is 2. The lowest BCUT2D eigenvalue weighted by atomic mass is 9.74. The maximum absolute atomic E-state index is 13.4. The molecule has 1 saturated heterocycles. The highest BCUT2D eigenvalue weighted by Gasteiger charge is 2.47. The van der Waals surface area contributed by atoms with Gasteiger partial charge < -0.3 is 25.7 Å². The van der Waals surface area contributed by atoms with E-state index in [9.17, 15) is 19.2 Å². The van der Waals surface area contributed by atoms with Crippen molar-refractivity contribution < 1.29 is 28.5 Å². The minimum atomic E-state index is -1.12. The van der Waals surface area contributed by atoms with E-state index in [4.69, 9.17) is 15.0 Å². The number of nitrogens with zero attached hydrogens (tertiary/aromatic N) is 2. The molecule has 1 aliphatic rings. The molecule has 2 heterocycles. The van der Waals surface area contributed by atoms with Crippen molar-refractivity contribution in [2.75, 3.05) is 0 Å². The van der Waals surface area contributed by atoms with Gasteiger partial charge in [0.1, 0.15) is 17.8 Å². The molecule has 0 radical (unpaired) electrons. The summed E-state index contributed by atoms with van der Waals surface area (Å²) in [6, 6.07) is 8.25. The Bertz CT molecular complexity index is 1040. The molecule has 1 aromatic heterocycles. The second-order valence-corrected chi connectivity index (χ2v) is 8.65. The number of benzene rings is 1. The fourth-order valence-electron chi connectivity index (χ4n) is 3.66. The molecule has 3 rings (SSSR count). The van der Waals surface area contributed by atoms with Gasteiger partial charge in [0.05, 0.1) is 18.6 Å². The summed E-state index contributed by atoms with van der Waals surface area (Å²) in [6.45, 7) is 3.88. The molecule has 4 N–H and O–H groups in total. The second-order valence-electron chi connectivity index (χ2n) is 8.65. The van der Waals surface area contributed by atoms with Crippen LogP contribution in [-0.2, 0) is 30.1 Å². The van der Waals surface area contributed by atoms with Crippen molar-refractivity contribution in [3.63, 3.8) is 0 Å². The van der Waals surface area contributed by atoms with Crippen molar-refractivity contribution in [1.82, 2.24) is 20.6 Å². The van der Waals surface area contributed by atoms with Crippen LogP contribution in [0, 0.1) is 5.92 Å². The summed E-state index contributed by atoms with van der Waals surface area (Å²) in [6.07, 6.45) is 3.32. The van der Waals surface area contributed by atoms with Gasteiger partial charge in [0.25, 0.3) is 5.91 Å². The van der Waals surface area contributed by atoms with E-state index in [1.807, 2.05) is 44.2 Å². The molecule has 0 bridgehead atoms. The van der Waals surface area contributed by atoms with Crippen molar-refractivity contribution in [2.45, 2.75) is 51.2 Å². The van der Waals surface area contributed by atoms with Crippen LogP contribution < -0.4 is 16.4 Å². The van der Waals surface area contributed by atoms with E-state index in [-0.39, 0.29) is 24.5 Å².